The van der Waals surface area contributed by atoms with Gasteiger partial charge in [0.2, 0.25) is 0 Å². The fourth-order valence-electron chi connectivity index (χ4n) is 9.10. The Kier molecular flexibility index (Phi) is 17.2. The standard InChI is InChI=1S/C50H55NO21/c1-23(52)64-21-39-44(66-25(3)54)46(68-27(5)56)41(51-49(59)32-13-11-12-14-33(32)50(51)60)42(71-39)35-20-37(62-9)31(19-38(35)63-10)17-30-15-16-36(61-8)34(18-30)43-47(69-28(6)57)48(70-29(7)58)45(67-26(4)55)40(72-43)22-65-24(2)53/h11-16,18-20,39-48H,17,21-22H2,1-10H3/t39-,40+,41+,42+,43-,44-,45-,46-,47-,48-/m0/s1. The van der Waals surface area contributed by atoms with Gasteiger partial charge in [0.15, 0.2) is 30.5 Å². The molecule has 3 aliphatic heterocycles. The highest BCUT2D eigenvalue weighted by molar-refractivity contribution is 6.21. The molecule has 2 amide bonds. The molecule has 386 valence electrons. The number of imide groups is 1. The van der Waals surface area contributed by atoms with Gasteiger partial charge < -0.3 is 56.8 Å². The average molecular weight is 1010 g/mol. The molecule has 6 rings (SSSR count). The summed E-state index contributed by atoms with van der Waals surface area (Å²) < 4.78 is 69.9. The summed E-state index contributed by atoms with van der Waals surface area (Å²) in [6.45, 7) is 6.86. The smallest absolute Gasteiger partial charge is 0.303 e. The Hall–Kier alpha value is -7.59. The molecule has 0 bridgehead atoms. The lowest BCUT2D eigenvalue weighted by molar-refractivity contribution is -0.254. The maximum Gasteiger partial charge on any atom is 0.303 e. The minimum absolute atomic E-state index is 0.0523. The van der Waals surface area contributed by atoms with Crippen LogP contribution in [0.15, 0.2) is 54.6 Å². The normalized spacial score (nSPS) is 24.4. The highest BCUT2D eigenvalue weighted by Crippen LogP contribution is 2.47. The minimum Gasteiger partial charge on any atom is -0.496 e. The van der Waals surface area contributed by atoms with Crippen molar-refractivity contribution in [3.05, 3.63) is 88.0 Å². The van der Waals surface area contributed by atoms with Crippen molar-refractivity contribution in [3.8, 4) is 17.2 Å². The summed E-state index contributed by atoms with van der Waals surface area (Å²) in [6.07, 6.45) is -12.7. The van der Waals surface area contributed by atoms with Crippen LogP contribution in [-0.4, -0.2) is 142 Å². The van der Waals surface area contributed by atoms with E-state index in [1.807, 2.05) is 0 Å². The van der Waals surface area contributed by atoms with Gasteiger partial charge in [-0.3, -0.25) is 48.1 Å². The lowest BCUT2D eigenvalue weighted by atomic mass is 9.86. The van der Waals surface area contributed by atoms with Gasteiger partial charge in [0.25, 0.3) is 11.8 Å². The van der Waals surface area contributed by atoms with E-state index >= 15 is 0 Å². The monoisotopic (exact) mass is 1010 g/mol. The first kappa shape index (κ1) is 53.8. The van der Waals surface area contributed by atoms with Gasteiger partial charge in [0.05, 0.1) is 32.5 Å². The molecule has 2 fully saturated rings. The van der Waals surface area contributed by atoms with Crippen LogP contribution in [0.3, 0.4) is 0 Å². The van der Waals surface area contributed by atoms with E-state index < -0.39 is 128 Å². The number of rotatable bonds is 17. The third-order valence-electron chi connectivity index (χ3n) is 11.8. The first-order valence-corrected chi connectivity index (χ1v) is 22.5. The van der Waals surface area contributed by atoms with Crippen molar-refractivity contribution in [1.29, 1.82) is 0 Å². The Bertz CT molecular complexity index is 2580. The number of benzene rings is 3. The molecule has 22 nitrogen and oxygen atoms in total. The second-order valence-corrected chi connectivity index (χ2v) is 16.8. The first-order valence-electron chi connectivity index (χ1n) is 22.5. The zero-order valence-electron chi connectivity index (χ0n) is 41.1. The van der Waals surface area contributed by atoms with Crippen molar-refractivity contribution in [2.75, 3.05) is 34.5 Å². The number of carbonyl (C=O) groups excluding carboxylic acids is 9. The van der Waals surface area contributed by atoms with Gasteiger partial charge in [-0.05, 0) is 42.0 Å². The van der Waals surface area contributed by atoms with Crippen molar-refractivity contribution in [2.45, 2.75) is 116 Å². The van der Waals surface area contributed by atoms with Crippen LogP contribution in [0.25, 0.3) is 0 Å². The number of nitrogens with zero attached hydrogens (tertiary/aromatic N) is 1. The van der Waals surface area contributed by atoms with E-state index in [2.05, 4.69) is 0 Å². The van der Waals surface area contributed by atoms with Crippen molar-refractivity contribution < 1.29 is 100.0 Å². The van der Waals surface area contributed by atoms with Crippen LogP contribution >= 0.6 is 0 Å². The van der Waals surface area contributed by atoms with Crippen molar-refractivity contribution in [2.24, 2.45) is 0 Å². The molecule has 0 unspecified atom stereocenters. The Morgan fingerprint density at radius 1 is 0.486 bits per heavy atom. The van der Waals surface area contributed by atoms with E-state index in [9.17, 15) is 43.2 Å². The van der Waals surface area contributed by atoms with Crippen LogP contribution in [0.1, 0.15) is 104 Å². The SMILES string of the molecule is COc1cc([C@H]2O[C@@H](COC(C)=O)[C@H](OC(C)=O)[C@@H](OC(C)=O)[C@@H]2N2C(=O)c3ccccc3C2=O)c(OC)cc1Cc1ccc(OC)c([C@@H]2O[C@H](COC(C)=O)[C@H](OC(C)=O)[C@H](OC(C)=O)[C@H]2OC(C)=O)c1. The minimum atomic E-state index is -1.60. The van der Waals surface area contributed by atoms with Crippen LogP contribution in [-0.2, 0) is 82.6 Å². The van der Waals surface area contributed by atoms with Gasteiger partial charge in [-0.2, -0.15) is 0 Å². The van der Waals surface area contributed by atoms with E-state index in [1.54, 1.807) is 36.4 Å². The predicted molar refractivity (Wildman–Crippen MR) is 242 cm³/mol. The van der Waals surface area contributed by atoms with E-state index in [0.717, 1.165) is 53.4 Å². The number of ether oxygens (including phenoxy) is 12. The van der Waals surface area contributed by atoms with Crippen LogP contribution in [0.5, 0.6) is 17.2 Å². The predicted octanol–water partition coefficient (Wildman–Crippen LogP) is 3.63. The number of hydrogen-bond acceptors (Lipinski definition) is 21. The lowest BCUT2D eigenvalue weighted by Crippen LogP contribution is -2.64. The van der Waals surface area contributed by atoms with Gasteiger partial charge in [0.1, 0.15) is 60.9 Å². The second-order valence-electron chi connectivity index (χ2n) is 16.8. The molecule has 3 aliphatic rings. The summed E-state index contributed by atoms with van der Waals surface area (Å²) in [6, 6.07) is 12.7. The number of fused-ring (bicyclic) bond motifs is 1. The largest absolute Gasteiger partial charge is 0.496 e. The van der Waals surface area contributed by atoms with Crippen molar-refractivity contribution >= 4 is 53.6 Å². The molecular formula is C50H55NO21. The Balaban J connectivity index is 1.49. The summed E-state index contributed by atoms with van der Waals surface area (Å²) in [5.41, 5.74) is 1.58. The molecule has 3 aromatic carbocycles. The van der Waals surface area contributed by atoms with Gasteiger partial charge in [0, 0.05) is 71.6 Å². The molecule has 0 spiro atoms. The van der Waals surface area contributed by atoms with Gasteiger partial charge in [-0.25, -0.2) is 0 Å². The molecule has 0 aromatic heterocycles. The van der Waals surface area contributed by atoms with Gasteiger partial charge in [-0.1, -0.05) is 18.2 Å². The molecule has 2 saturated heterocycles. The maximum absolute atomic E-state index is 14.3. The summed E-state index contributed by atoms with van der Waals surface area (Å²) in [5.74, 6) is -6.50. The Morgan fingerprint density at radius 3 is 1.42 bits per heavy atom. The highest BCUT2D eigenvalue weighted by Gasteiger charge is 2.58. The van der Waals surface area contributed by atoms with Crippen molar-refractivity contribution in [1.82, 2.24) is 4.90 Å². The van der Waals surface area contributed by atoms with E-state index in [4.69, 9.17) is 56.8 Å². The molecule has 3 aromatic rings. The number of hydrogen-bond donors (Lipinski definition) is 0. The zero-order valence-corrected chi connectivity index (χ0v) is 41.1. The molecule has 72 heavy (non-hydrogen) atoms. The fraction of sp³-hybridized carbons (Fsp3) is 0.460. The number of carbonyl (C=O) groups is 9. The summed E-state index contributed by atoms with van der Waals surface area (Å²) in [5, 5.41) is 0. The summed E-state index contributed by atoms with van der Waals surface area (Å²) in [4.78, 5) is 117. The van der Waals surface area contributed by atoms with Crippen LogP contribution in [0.4, 0.5) is 0 Å². The lowest BCUT2D eigenvalue weighted by Gasteiger charge is -2.47. The van der Waals surface area contributed by atoms with Crippen molar-refractivity contribution in [3.63, 3.8) is 0 Å². The van der Waals surface area contributed by atoms with Crippen LogP contribution in [0.2, 0.25) is 0 Å². The highest BCUT2D eigenvalue weighted by atomic mass is 16.7. The molecule has 0 radical (unpaired) electrons. The molecule has 0 N–H and O–H groups in total. The third kappa shape index (κ3) is 11.9. The number of methoxy groups -OCH3 is 3. The molecular weight excluding hydrogens is 951 g/mol. The second kappa shape index (κ2) is 23.1. The molecule has 22 heteroatoms. The van der Waals surface area contributed by atoms with Crippen LogP contribution in [0, 0.1) is 0 Å². The zero-order chi connectivity index (χ0) is 52.7. The van der Waals surface area contributed by atoms with E-state index in [1.165, 1.54) is 39.5 Å². The van der Waals surface area contributed by atoms with Gasteiger partial charge >= 0.3 is 41.8 Å². The Labute approximate surface area is 413 Å². The molecule has 3 heterocycles. The quantitative estimate of drug-likeness (QED) is 0.106. The van der Waals surface area contributed by atoms with E-state index in [-0.39, 0.29) is 45.9 Å². The van der Waals surface area contributed by atoms with E-state index in [0.29, 0.717) is 11.1 Å². The Morgan fingerprint density at radius 2 is 0.931 bits per heavy atom. The molecule has 0 aliphatic carbocycles. The van der Waals surface area contributed by atoms with Crippen LogP contribution < -0.4 is 14.2 Å². The molecule has 0 saturated carbocycles. The number of amides is 2. The first-order chi connectivity index (χ1) is 34.2. The fourth-order valence-corrected chi connectivity index (χ4v) is 9.10. The molecule has 10 atom stereocenters. The summed E-state index contributed by atoms with van der Waals surface area (Å²) >= 11 is 0. The number of esters is 7. The third-order valence-corrected chi connectivity index (χ3v) is 11.8. The summed E-state index contributed by atoms with van der Waals surface area (Å²) in [7, 11) is 4.12. The topological polar surface area (TPSA) is 268 Å². The van der Waals surface area contributed by atoms with Gasteiger partial charge in [-0.15, -0.1) is 0 Å². The average Bonchev–Trinajstić information content (AvgIpc) is 3.56. The maximum atomic E-state index is 14.3.